The Bertz CT molecular complexity index is 1140. The molecule has 4 rings (SSSR count). The number of aryl methyl sites for hydroxylation is 1. The van der Waals surface area contributed by atoms with E-state index in [2.05, 4.69) is 10.6 Å². The molecule has 1 saturated heterocycles. The van der Waals surface area contributed by atoms with Gasteiger partial charge in [-0.2, -0.15) is 0 Å². The van der Waals surface area contributed by atoms with E-state index >= 15 is 0 Å². The number of esters is 1. The van der Waals surface area contributed by atoms with Gasteiger partial charge in [-0.25, -0.2) is 9.59 Å². The van der Waals surface area contributed by atoms with Crippen molar-refractivity contribution in [2.24, 2.45) is 0 Å². The van der Waals surface area contributed by atoms with E-state index in [4.69, 9.17) is 4.74 Å². The highest BCUT2D eigenvalue weighted by atomic mass is 16.5. The first-order chi connectivity index (χ1) is 16.9. The Morgan fingerprint density at radius 2 is 1.66 bits per heavy atom. The van der Waals surface area contributed by atoms with E-state index in [-0.39, 0.29) is 37.0 Å². The molecule has 1 fully saturated rings. The third-order valence-electron chi connectivity index (χ3n) is 6.14. The normalized spacial score (nSPS) is 18.9. The first kappa shape index (κ1) is 24.2. The number of carbonyl (C=O) groups is 4. The van der Waals surface area contributed by atoms with Crippen molar-refractivity contribution in [2.75, 3.05) is 33.3 Å². The molecule has 182 valence electrons. The van der Waals surface area contributed by atoms with Gasteiger partial charge in [0.05, 0.1) is 31.8 Å². The largest absolute Gasteiger partial charge is 0.466 e. The summed E-state index contributed by atoms with van der Waals surface area (Å²) >= 11 is 0. The van der Waals surface area contributed by atoms with Crippen molar-refractivity contribution in [2.45, 2.75) is 19.4 Å². The highest BCUT2D eigenvalue weighted by Crippen LogP contribution is 2.28. The average molecular weight is 477 g/mol. The lowest BCUT2D eigenvalue weighted by atomic mass is 9.94. The fraction of sp³-hybridized carbons (Fsp3) is 0.308. The van der Waals surface area contributed by atoms with E-state index in [1.165, 1.54) is 12.0 Å². The van der Waals surface area contributed by atoms with Gasteiger partial charge >= 0.3 is 12.0 Å². The molecule has 1 unspecified atom stereocenters. The van der Waals surface area contributed by atoms with Crippen molar-refractivity contribution in [1.82, 2.24) is 20.4 Å². The second-order valence-corrected chi connectivity index (χ2v) is 8.65. The Balaban J connectivity index is 1.52. The number of hydrogen-bond acceptors (Lipinski definition) is 6. The summed E-state index contributed by atoms with van der Waals surface area (Å²) in [4.78, 5) is 53.7. The summed E-state index contributed by atoms with van der Waals surface area (Å²) < 4.78 is 5.00. The van der Waals surface area contributed by atoms with Gasteiger partial charge in [-0.05, 0) is 24.5 Å². The zero-order chi connectivity index (χ0) is 24.9. The lowest BCUT2D eigenvalue weighted by Gasteiger charge is -2.35. The van der Waals surface area contributed by atoms with Gasteiger partial charge in [0.15, 0.2) is 0 Å². The summed E-state index contributed by atoms with van der Waals surface area (Å²) in [6.45, 7) is 2.29. The number of urea groups is 1. The molecular formula is C26H28N4O5. The Kier molecular flexibility index (Phi) is 7.26. The number of piperazine rings is 1. The standard InChI is InChI=1S/C26H28N4O5/c1-17-8-10-19(11-9-17)24-23(25(33)35-2)20(27-26(34)28-24)14-29-15-21(31)30(22(32)16-29)13-12-18-6-4-3-5-7-18/h3-11,24H,12-16H2,1-2H3,(H2,27,28,34). The number of imide groups is 1. The molecule has 2 aromatic rings. The number of ether oxygens (including phenoxy) is 1. The Morgan fingerprint density at radius 3 is 2.29 bits per heavy atom. The van der Waals surface area contributed by atoms with Crippen molar-refractivity contribution in [3.8, 4) is 0 Å². The van der Waals surface area contributed by atoms with Crippen LogP contribution in [0.4, 0.5) is 4.79 Å². The van der Waals surface area contributed by atoms with Crippen LogP contribution in [0.5, 0.6) is 0 Å². The number of nitrogens with one attached hydrogen (secondary N) is 2. The zero-order valence-electron chi connectivity index (χ0n) is 19.7. The van der Waals surface area contributed by atoms with Gasteiger partial charge in [-0.3, -0.25) is 19.4 Å². The highest BCUT2D eigenvalue weighted by Gasteiger charge is 2.36. The quantitative estimate of drug-likeness (QED) is 0.465. The van der Waals surface area contributed by atoms with Crippen LogP contribution in [-0.4, -0.2) is 66.9 Å². The van der Waals surface area contributed by atoms with Crippen LogP contribution >= 0.6 is 0 Å². The third kappa shape index (κ3) is 5.58. The van der Waals surface area contributed by atoms with Gasteiger partial charge in [0, 0.05) is 18.8 Å². The second-order valence-electron chi connectivity index (χ2n) is 8.65. The van der Waals surface area contributed by atoms with Gasteiger partial charge in [-0.1, -0.05) is 60.2 Å². The first-order valence-electron chi connectivity index (χ1n) is 11.4. The van der Waals surface area contributed by atoms with Gasteiger partial charge in [0.25, 0.3) is 0 Å². The molecule has 0 spiro atoms. The Morgan fingerprint density at radius 1 is 1.00 bits per heavy atom. The SMILES string of the molecule is COC(=O)C1=C(CN2CC(=O)N(CCc3ccccc3)C(=O)C2)NC(=O)NC1c1ccc(C)cc1. The molecule has 35 heavy (non-hydrogen) atoms. The predicted octanol–water partition coefficient (Wildman–Crippen LogP) is 1.69. The second kappa shape index (κ2) is 10.5. The van der Waals surface area contributed by atoms with Crippen molar-refractivity contribution in [3.63, 3.8) is 0 Å². The molecule has 4 amide bonds. The highest BCUT2D eigenvalue weighted by molar-refractivity contribution is 5.99. The maximum absolute atomic E-state index is 12.8. The number of carbonyl (C=O) groups excluding carboxylic acids is 4. The Hall–Kier alpha value is -3.98. The van der Waals surface area contributed by atoms with E-state index in [0.29, 0.717) is 18.7 Å². The van der Waals surface area contributed by atoms with Crippen molar-refractivity contribution in [3.05, 3.63) is 82.6 Å². The zero-order valence-corrected chi connectivity index (χ0v) is 19.7. The van der Waals surface area contributed by atoms with Crippen LogP contribution < -0.4 is 10.6 Å². The van der Waals surface area contributed by atoms with Crippen LogP contribution in [0.25, 0.3) is 0 Å². The summed E-state index contributed by atoms with van der Waals surface area (Å²) in [5, 5.41) is 5.45. The Labute approximate surface area is 203 Å². The van der Waals surface area contributed by atoms with Crippen molar-refractivity contribution >= 4 is 23.8 Å². The maximum Gasteiger partial charge on any atom is 0.338 e. The summed E-state index contributed by atoms with van der Waals surface area (Å²) in [5.41, 5.74) is 3.36. The molecule has 9 heteroatoms. The van der Waals surface area contributed by atoms with Crippen LogP contribution in [0.3, 0.4) is 0 Å². The molecule has 0 saturated carbocycles. The number of rotatable bonds is 7. The van der Waals surface area contributed by atoms with Gasteiger partial charge < -0.3 is 15.4 Å². The molecule has 2 aliphatic rings. The lowest BCUT2D eigenvalue weighted by Crippen LogP contribution is -2.56. The summed E-state index contributed by atoms with van der Waals surface area (Å²) in [6, 6.07) is 15.9. The van der Waals surface area contributed by atoms with Crippen LogP contribution in [-0.2, 0) is 25.5 Å². The minimum absolute atomic E-state index is 0.00300. The molecule has 1 atom stereocenters. The summed E-state index contributed by atoms with van der Waals surface area (Å²) in [6.07, 6.45) is 0.579. The van der Waals surface area contributed by atoms with Crippen molar-refractivity contribution < 1.29 is 23.9 Å². The number of hydrogen-bond donors (Lipinski definition) is 2. The molecule has 0 bridgehead atoms. The molecule has 2 N–H and O–H groups in total. The maximum atomic E-state index is 12.8. The topological polar surface area (TPSA) is 108 Å². The number of nitrogens with zero attached hydrogens (tertiary/aromatic N) is 2. The van der Waals surface area contributed by atoms with Gasteiger partial charge in [-0.15, -0.1) is 0 Å². The number of benzene rings is 2. The van der Waals surface area contributed by atoms with E-state index < -0.39 is 18.0 Å². The number of amides is 4. The number of methoxy groups -OCH3 is 1. The molecular weight excluding hydrogens is 448 g/mol. The minimum Gasteiger partial charge on any atom is -0.466 e. The molecule has 0 aromatic heterocycles. The monoisotopic (exact) mass is 476 g/mol. The molecule has 0 radical (unpaired) electrons. The van der Waals surface area contributed by atoms with E-state index in [1.54, 1.807) is 4.90 Å². The van der Waals surface area contributed by atoms with Crippen LogP contribution in [0.1, 0.15) is 22.7 Å². The van der Waals surface area contributed by atoms with E-state index in [0.717, 1.165) is 16.7 Å². The fourth-order valence-corrected chi connectivity index (χ4v) is 4.32. The fourth-order valence-electron chi connectivity index (χ4n) is 4.32. The van der Waals surface area contributed by atoms with E-state index in [9.17, 15) is 19.2 Å². The summed E-state index contributed by atoms with van der Waals surface area (Å²) in [5.74, 6) is -1.22. The minimum atomic E-state index is -0.717. The van der Waals surface area contributed by atoms with Gasteiger partial charge in [0.2, 0.25) is 11.8 Å². The molecule has 2 aromatic carbocycles. The van der Waals surface area contributed by atoms with Crippen LogP contribution in [0.2, 0.25) is 0 Å². The van der Waals surface area contributed by atoms with Crippen LogP contribution in [0, 0.1) is 6.92 Å². The van der Waals surface area contributed by atoms with Crippen molar-refractivity contribution in [1.29, 1.82) is 0 Å². The average Bonchev–Trinajstić information content (AvgIpc) is 2.84. The van der Waals surface area contributed by atoms with Gasteiger partial charge in [0.1, 0.15) is 0 Å². The molecule has 0 aliphatic carbocycles. The van der Waals surface area contributed by atoms with Crippen LogP contribution in [0.15, 0.2) is 65.9 Å². The predicted molar refractivity (Wildman–Crippen MR) is 128 cm³/mol. The first-order valence-corrected chi connectivity index (χ1v) is 11.4. The molecule has 9 nitrogen and oxygen atoms in total. The molecule has 2 aliphatic heterocycles. The molecule has 2 heterocycles. The summed E-state index contributed by atoms with van der Waals surface area (Å²) in [7, 11) is 1.27. The lowest BCUT2D eigenvalue weighted by molar-refractivity contribution is -0.151. The smallest absolute Gasteiger partial charge is 0.338 e. The van der Waals surface area contributed by atoms with E-state index in [1.807, 2.05) is 61.5 Å². The third-order valence-corrected chi connectivity index (χ3v) is 6.14.